The van der Waals surface area contributed by atoms with Crippen LogP contribution in [0, 0.1) is 5.92 Å². The van der Waals surface area contributed by atoms with E-state index < -0.39 is 0 Å². The van der Waals surface area contributed by atoms with Crippen molar-refractivity contribution in [3.8, 4) is 0 Å². The summed E-state index contributed by atoms with van der Waals surface area (Å²) in [6.45, 7) is 3.03. The van der Waals surface area contributed by atoms with Crippen molar-refractivity contribution in [2.75, 3.05) is 11.9 Å². The number of carbonyl (C=O) groups is 1. The van der Waals surface area contributed by atoms with Crippen molar-refractivity contribution in [2.45, 2.75) is 25.8 Å². The van der Waals surface area contributed by atoms with Gasteiger partial charge in [-0.25, -0.2) is 4.98 Å². The van der Waals surface area contributed by atoms with E-state index in [0.29, 0.717) is 11.9 Å². The van der Waals surface area contributed by atoms with Gasteiger partial charge in [0.15, 0.2) is 0 Å². The molecule has 1 saturated heterocycles. The number of hydrogen-bond acceptors (Lipinski definition) is 3. The lowest BCUT2D eigenvalue weighted by Crippen LogP contribution is -2.40. The van der Waals surface area contributed by atoms with E-state index in [4.69, 9.17) is 0 Å². The lowest BCUT2D eigenvalue weighted by Gasteiger charge is -2.26. The van der Waals surface area contributed by atoms with Gasteiger partial charge < -0.3 is 10.6 Å². The SMILES string of the molecule is CC1CC(C(=O)Nc2ccccn2)CCN1. The quantitative estimate of drug-likeness (QED) is 0.790. The fraction of sp³-hybridized carbons (Fsp3) is 0.500. The second kappa shape index (κ2) is 5.07. The molecule has 2 rings (SSSR count). The highest BCUT2D eigenvalue weighted by atomic mass is 16.1. The summed E-state index contributed by atoms with van der Waals surface area (Å²) in [4.78, 5) is 16.0. The standard InChI is InChI=1S/C12H17N3O/c1-9-8-10(5-7-13-9)12(16)15-11-4-2-3-6-14-11/h2-4,6,9-10,13H,5,7-8H2,1H3,(H,14,15,16). The van der Waals surface area contributed by atoms with Crippen LogP contribution in [0.2, 0.25) is 0 Å². The molecule has 0 spiro atoms. The Morgan fingerprint density at radius 2 is 2.44 bits per heavy atom. The molecule has 4 nitrogen and oxygen atoms in total. The third-order valence-corrected chi connectivity index (χ3v) is 2.91. The molecule has 4 heteroatoms. The molecule has 16 heavy (non-hydrogen) atoms. The maximum atomic E-state index is 11.9. The average Bonchev–Trinajstić information content (AvgIpc) is 2.30. The lowest BCUT2D eigenvalue weighted by molar-refractivity contribution is -0.120. The first kappa shape index (κ1) is 11.1. The summed E-state index contributed by atoms with van der Waals surface area (Å²) < 4.78 is 0. The molecule has 2 N–H and O–H groups in total. The molecule has 2 unspecified atom stereocenters. The van der Waals surface area contributed by atoms with E-state index in [2.05, 4.69) is 22.5 Å². The number of piperidine rings is 1. The van der Waals surface area contributed by atoms with Crippen LogP contribution in [0.5, 0.6) is 0 Å². The minimum Gasteiger partial charge on any atom is -0.314 e. The van der Waals surface area contributed by atoms with Gasteiger partial charge >= 0.3 is 0 Å². The van der Waals surface area contributed by atoms with Gasteiger partial charge in [0.05, 0.1) is 0 Å². The van der Waals surface area contributed by atoms with Crippen molar-refractivity contribution >= 4 is 11.7 Å². The van der Waals surface area contributed by atoms with E-state index in [-0.39, 0.29) is 11.8 Å². The maximum Gasteiger partial charge on any atom is 0.228 e. The molecule has 1 aliphatic rings. The molecule has 1 aromatic heterocycles. The number of rotatable bonds is 2. The van der Waals surface area contributed by atoms with Crippen molar-refractivity contribution in [1.82, 2.24) is 10.3 Å². The van der Waals surface area contributed by atoms with Gasteiger partial charge in [0.1, 0.15) is 5.82 Å². The monoisotopic (exact) mass is 219 g/mol. The van der Waals surface area contributed by atoms with Gasteiger partial charge in [-0.15, -0.1) is 0 Å². The summed E-state index contributed by atoms with van der Waals surface area (Å²) in [5, 5.41) is 6.19. The van der Waals surface area contributed by atoms with Crippen LogP contribution in [0.25, 0.3) is 0 Å². The molecule has 0 radical (unpaired) electrons. The molecular formula is C12H17N3O. The van der Waals surface area contributed by atoms with E-state index in [1.54, 1.807) is 6.20 Å². The Bertz CT molecular complexity index is 353. The summed E-state index contributed by atoms with van der Waals surface area (Å²) in [7, 11) is 0. The fourth-order valence-electron chi connectivity index (χ4n) is 2.04. The fourth-order valence-corrected chi connectivity index (χ4v) is 2.04. The summed E-state index contributed by atoms with van der Waals surface area (Å²) in [5.41, 5.74) is 0. The number of aromatic nitrogens is 1. The molecular weight excluding hydrogens is 202 g/mol. The molecule has 0 saturated carbocycles. The van der Waals surface area contributed by atoms with Gasteiger partial charge in [0.25, 0.3) is 0 Å². The van der Waals surface area contributed by atoms with Gasteiger partial charge in [-0.05, 0) is 38.4 Å². The number of nitrogens with one attached hydrogen (secondary N) is 2. The molecule has 0 aromatic carbocycles. The summed E-state index contributed by atoms with van der Waals surface area (Å²) in [5.74, 6) is 0.837. The summed E-state index contributed by atoms with van der Waals surface area (Å²) >= 11 is 0. The van der Waals surface area contributed by atoms with Crippen LogP contribution in [-0.2, 0) is 4.79 Å². The molecule has 1 amide bonds. The van der Waals surface area contributed by atoms with E-state index in [9.17, 15) is 4.79 Å². The smallest absolute Gasteiger partial charge is 0.228 e. The molecule has 1 aliphatic heterocycles. The van der Waals surface area contributed by atoms with Gasteiger partial charge in [0.2, 0.25) is 5.91 Å². The predicted molar refractivity (Wildman–Crippen MR) is 63.1 cm³/mol. The second-order valence-corrected chi connectivity index (χ2v) is 4.28. The third kappa shape index (κ3) is 2.79. The highest BCUT2D eigenvalue weighted by molar-refractivity contribution is 5.91. The van der Waals surface area contributed by atoms with Gasteiger partial charge in [-0.3, -0.25) is 4.79 Å². The minimum atomic E-state index is 0.0899. The van der Waals surface area contributed by atoms with E-state index in [1.165, 1.54) is 0 Å². The van der Waals surface area contributed by atoms with Gasteiger partial charge in [0, 0.05) is 18.2 Å². The Kier molecular flexibility index (Phi) is 3.51. The molecule has 1 aromatic rings. The molecule has 2 heterocycles. The zero-order valence-corrected chi connectivity index (χ0v) is 9.44. The Hall–Kier alpha value is -1.42. The second-order valence-electron chi connectivity index (χ2n) is 4.28. The van der Waals surface area contributed by atoms with E-state index in [0.717, 1.165) is 19.4 Å². The van der Waals surface area contributed by atoms with E-state index in [1.807, 2.05) is 18.2 Å². The Balaban J connectivity index is 1.93. The zero-order valence-electron chi connectivity index (χ0n) is 9.44. The first-order valence-electron chi connectivity index (χ1n) is 5.71. The normalized spacial score (nSPS) is 25.1. The summed E-state index contributed by atoms with van der Waals surface area (Å²) in [6, 6.07) is 5.94. The van der Waals surface area contributed by atoms with Gasteiger partial charge in [-0.2, -0.15) is 0 Å². The van der Waals surface area contributed by atoms with Crippen molar-refractivity contribution in [3.05, 3.63) is 24.4 Å². The van der Waals surface area contributed by atoms with Crippen LogP contribution < -0.4 is 10.6 Å². The number of nitrogens with zero attached hydrogens (tertiary/aromatic N) is 1. The van der Waals surface area contributed by atoms with E-state index >= 15 is 0 Å². The minimum absolute atomic E-state index is 0.0899. The first-order valence-corrected chi connectivity index (χ1v) is 5.71. The average molecular weight is 219 g/mol. The number of carbonyl (C=O) groups excluding carboxylic acids is 1. The number of anilines is 1. The predicted octanol–water partition coefficient (Wildman–Crippen LogP) is 1.41. The topological polar surface area (TPSA) is 54.0 Å². The molecule has 86 valence electrons. The lowest BCUT2D eigenvalue weighted by atomic mass is 9.92. The van der Waals surface area contributed by atoms with Crippen LogP contribution >= 0.6 is 0 Å². The Labute approximate surface area is 95.5 Å². The van der Waals surface area contributed by atoms with Crippen LogP contribution in [0.1, 0.15) is 19.8 Å². The number of pyridine rings is 1. The van der Waals surface area contributed by atoms with Crippen molar-refractivity contribution in [1.29, 1.82) is 0 Å². The first-order chi connectivity index (χ1) is 7.75. The highest BCUT2D eigenvalue weighted by Gasteiger charge is 2.24. The molecule has 0 bridgehead atoms. The van der Waals surface area contributed by atoms with Gasteiger partial charge in [-0.1, -0.05) is 6.07 Å². The van der Waals surface area contributed by atoms with Crippen molar-refractivity contribution < 1.29 is 4.79 Å². The van der Waals surface area contributed by atoms with Crippen LogP contribution in [-0.4, -0.2) is 23.5 Å². The Morgan fingerprint density at radius 3 is 3.12 bits per heavy atom. The third-order valence-electron chi connectivity index (χ3n) is 2.91. The number of hydrogen-bond donors (Lipinski definition) is 2. The molecule has 1 fully saturated rings. The van der Waals surface area contributed by atoms with Crippen molar-refractivity contribution in [3.63, 3.8) is 0 Å². The Morgan fingerprint density at radius 1 is 1.56 bits per heavy atom. The zero-order chi connectivity index (χ0) is 11.4. The molecule has 0 aliphatic carbocycles. The molecule has 2 atom stereocenters. The highest BCUT2D eigenvalue weighted by Crippen LogP contribution is 2.17. The van der Waals surface area contributed by atoms with Crippen LogP contribution in [0.4, 0.5) is 5.82 Å². The number of amides is 1. The maximum absolute atomic E-state index is 11.9. The largest absolute Gasteiger partial charge is 0.314 e. The van der Waals surface area contributed by atoms with Crippen LogP contribution in [0.15, 0.2) is 24.4 Å². The van der Waals surface area contributed by atoms with Crippen LogP contribution in [0.3, 0.4) is 0 Å². The summed E-state index contributed by atoms with van der Waals surface area (Å²) in [6.07, 6.45) is 3.49. The van der Waals surface area contributed by atoms with Crippen molar-refractivity contribution in [2.24, 2.45) is 5.92 Å².